The average molecular weight is 317 g/mol. The number of methoxy groups -OCH3 is 1. The van der Waals surface area contributed by atoms with Crippen LogP contribution < -0.4 is 10.1 Å². The number of piperazine rings is 1. The van der Waals surface area contributed by atoms with Crippen molar-refractivity contribution in [1.82, 2.24) is 15.1 Å². The van der Waals surface area contributed by atoms with Gasteiger partial charge >= 0.3 is 0 Å². The van der Waals surface area contributed by atoms with E-state index in [2.05, 4.69) is 5.32 Å². The van der Waals surface area contributed by atoms with Crippen LogP contribution in [0.2, 0.25) is 0 Å². The molecule has 1 saturated carbocycles. The summed E-state index contributed by atoms with van der Waals surface area (Å²) in [6.07, 6.45) is 2.14. The normalized spacial score (nSPS) is 18.4. The van der Waals surface area contributed by atoms with Gasteiger partial charge in [0.1, 0.15) is 5.75 Å². The Morgan fingerprint density at radius 3 is 2.70 bits per heavy atom. The van der Waals surface area contributed by atoms with Crippen LogP contribution in [0.5, 0.6) is 5.75 Å². The van der Waals surface area contributed by atoms with Gasteiger partial charge in [0.25, 0.3) is 0 Å². The van der Waals surface area contributed by atoms with Crippen molar-refractivity contribution in [2.24, 2.45) is 0 Å². The van der Waals surface area contributed by atoms with Gasteiger partial charge in [0, 0.05) is 25.7 Å². The predicted octanol–water partition coefficient (Wildman–Crippen LogP) is 0.618. The van der Waals surface area contributed by atoms with E-state index in [1.807, 2.05) is 34.1 Å². The van der Waals surface area contributed by atoms with Crippen LogP contribution in [0.3, 0.4) is 0 Å². The lowest BCUT2D eigenvalue weighted by Crippen LogP contribution is -2.51. The molecule has 1 saturated heterocycles. The summed E-state index contributed by atoms with van der Waals surface area (Å²) in [5.41, 5.74) is 1.10. The quantitative estimate of drug-likeness (QED) is 0.835. The van der Waals surface area contributed by atoms with Gasteiger partial charge in [-0.2, -0.15) is 0 Å². The molecular weight excluding hydrogens is 294 g/mol. The van der Waals surface area contributed by atoms with E-state index >= 15 is 0 Å². The van der Waals surface area contributed by atoms with Gasteiger partial charge in [-0.3, -0.25) is 14.5 Å². The summed E-state index contributed by atoms with van der Waals surface area (Å²) in [5, 5.41) is 2.78. The van der Waals surface area contributed by atoms with Gasteiger partial charge in [-0.15, -0.1) is 0 Å². The molecule has 1 heterocycles. The molecule has 2 fully saturated rings. The van der Waals surface area contributed by atoms with Crippen molar-refractivity contribution in [2.45, 2.75) is 25.4 Å². The third kappa shape index (κ3) is 4.22. The SMILES string of the molecule is COc1ccc(CN(C(=O)CN2CCNC(=O)C2)C2CC2)cc1. The summed E-state index contributed by atoms with van der Waals surface area (Å²) in [7, 11) is 1.64. The molecular formula is C17H23N3O3. The van der Waals surface area contributed by atoms with Crippen molar-refractivity contribution in [1.29, 1.82) is 0 Å². The summed E-state index contributed by atoms with van der Waals surface area (Å²) in [6, 6.07) is 8.17. The second-order valence-electron chi connectivity index (χ2n) is 6.16. The number of carbonyl (C=O) groups excluding carboxylic acids is 2. The molecule has 0 unspecified atom stereocenters. The summed E-state index contributed by atoms with van der Waals surface area (Å²) in [6.45, 7) is 2.60. The maximum atomic E-state index is 12.7. The highest BCUT2D eigenvalue weighted by molar-refractivity contribution is 5.82. The Kier molecular flexibility index (Phi) is 4.81. The number of rotatable bonds is 6. The zero-order chi connectivity index (χ0) is 16.2. The van der Waals surface area contributed by atoms with Crippen LogP contribution in [0.4, 0.5) is 0 Å². The Labute approximate surface area is 136 Å². The van der Waals surface area contributed by atoms with Gasteiger partial charge in [-0.25, -0.2) is 0 Å². The molecule has 2 amide bonds. The first-order valence-corrected chi connectivity index (χ1v) is 8.07. The molecule has 0 aromatic heterocycles. The fourth-order valence-electron chi connectivity index (χ4n) is 2.84. The Morgan fingerprint density at radius 1 is 1.35 bits per heavy atom. The molecule has 6 nitrogen and oxygen atoms in total. The van der Waals surface area contributed by atoms with Gasteiger partial charge in [-0.05, 0) is 30.5 Å². The lowest BCUT2D eigenvalue weighted by atomic mass is 10.2. The van der Waals surface area contributed by atoms with E-state index in [0.717, 1.165) is 30.7 Å². The van der Waals surface area contributed by atoms with E-state index in [9.17, 15) is 9.59 Å². The standard InChI is InChI=1S/C17H23N3O3/c1-23-15-6-2-13(3-7-15)10-20(14-4-5-14)17(22)12-19-9-8-18-16(21)11-19/h2-3,6-7,14H,4-5,8-12H2,1H3,(H,18,21). The van der Waals surface area contributed by atoms with Crippen molar-refractivity contribution in [3.05, 3.63) is 29.8 Å². The lowest BCUT2D eigenvalue weighted by molar-refractivity contribution is -0.135. The second kappa shape index (κ2) is 7.00. The van der Waals surface area contributed by atoms with Crippen LogP contribution in [-0.2, 0) is 16.1 Å². The molecule has 0 radical (unpaired) electrons. The molecule has 1 aliphatic carbocycles. The first-order valence-electron chi connectivity index (χ1n) is 8.07. The van der Waals surface area contributed by atoms with Crippen molar-refractivity contribution in [3.63, 3.8) is 0 Å². The van der Waals surface area contributed by atoms with Crippen LogP contribution in [0.15, 0.2) is 24.3 Å². The summed E-state index contributed by atoms with van der Waals surface area (Å²) < 4.78 is 5.17. The molecule has 0 bridgehead atoms. The largest absolute Gasteiger partial charge is 0.497 e. The summed E-state index contributed by atoms with van der Waals surface area (Å²) in [5.74, 6) is 0.924. The number of benzene rings is 1. The minimum Gasteiger partial charge on any atom is -0.497 e. The van der Waals surface area contributed by atoms with Crippen LogP contribution in [0, 0.1) is 0 Å². The van der Waals surface area contributed by atoms with E-state index in [4.69, 9.17) is 4.74 Å². The maximum absolute atomic E-state index is 12.7. The predicted molar refractivity (Wildman–Crippen MR) is 86.0 cm³/mol. The van der Waals surface area contributed by atoms with Gasteiger partial charge in [0.15, 0.2) is 0 Å². The van der Waals surface area contributed by atoms with Crippen LogP contribution >= 0.6 is 0 Å². The van der Waals surface area contributed by atoms with Crippen molar-refractivity contribution in [3.8, 4) is 5.75 Å². The van der Waals surface area contributed by atoms with Crippen LogP contribution in [0.25, 0.3) is 0 Å². The summed E-state index contributed by atoms with van der Waals surface area (Å²) in [4.78, 5) is 28.0. The topological polar surface area (TPSA) is 61.9 Å². The molecule has 6 heteroatoms. The minimum absolute atomic E-state index is 0.00261. The molecule has 23 heavy (non-hydrogen) atoms. The first-order chi connectivity index (χ1) is 11.2. The highest BCUT2D eigenvalue weighted by Crippen LogP contribution is 2.29. The third-order valence-electron chi connectivity index (χ3n) is 4.30. The van der Waals surface area contributed by atoms with Gasteiger partial charge < -0.3 is 15.0 Å². The van der Waals surface area contributed by atoms with Gasteiger partial charge in [0.2, 0.25) is 11.8 Å². The zero-order valence-electron chi connectivity index (χ0n) is 13.5. The highest BCUT2D eigenvalue weighted by Gasteiger charge is 2.33. The van der Waals surface area contributed by atoms with Gasteiger partial charge in [0.05, 0.1) is 20.2 Å². The Balaban J connectivity index is 1.61. The number of carbonyl (C=O) groups is 2. The smallest absolute Gasteiger partial charge is 0.237 e. The highest BCUT2D eigenvalue weighted by atomic mass is 16.5. The van der Waals surface area contributed by atoms with E-state index in [1.54, 1.807) is 7.11 Å². The monoisotopic (exact) mass is 317 g/mol. The zero-order valence-corrected chi connectivity index (χ0v) is 13.5. The number of nitrogens with one attached hydrogen (secondary N) is 1. The lowest BCUT2D eigenvalue weighted by Gasteiger charge is -2.29. The fourth-order valence-corrected chi connectivity index (χ4v) is 2.84. The van der Waals surface area contributed by atoms with E-state index in [0.29, 0.717) is 32.2 Å². The molecule has 2 aliphatic rings. The average Bonchev–Trinajstić information content (AvgIpc) is 3.38. The molecule has 124 valence electrons. The Morgan fingerprint density at radius 2 is 2.09 bits per heavy atom. The van der Waals surface area contributed by atoms with Crippen molar-refractivity contribution in [2.75, 3.05) is 33.3 Å². The molecule has 0 atom stereocenters. The third-order valence-corrected chi connectivity index (χ3v) is 4.30. The number of ether oxygens (including phenoxy) is 1. The van der Waals surface area contributed by atoms with Crippen LogP contribution in [-0.4, -0.2) is 60.9 Å². The molecule has 1 aliphatic heterocycles. The fraction of sp³-hybridized carbons (Fsp3) is 0.529. The minimum atomic E-state index is -0.00261. The van der Waals surface area contributed by atoms with E-state index in [-0.39, 0.29) is 11.8 Å². The number of hydrogen-bond donors (Lipinski definition) is 1. The Hall–Kier alpha value is -2.08. The number of hydrogen-bond acceptors (Lipinski definition) is 4. The Bertz CT molecular complexity index is 569. The van der Waals surface area contributed by atoms with E-state index < -0.39 is 0 Å². The first kappa shape index (κ1) is 15.8. The van der Waals surface area contributed by atoms with Gasteiger partial charge in [-0.1, -0.05) is 12.1 Å². The molecule has 1 aromatic carbocycles. The summed E-state index contributed by atoms with van der Waals surface area (Å²) >= 11 is 0. The molecule has 0 spiro atoms. The van der Waals surface area contributed by atoms with Crippen molar-refractivity contribution >= 4 is 11.8 Å². The van der Waals surface area contributed by atoms with E-state index in [1.165, 1.54) is 0 Å². The molecule has 3 rings (SSSR count). The number of nitrogens with zero attached hydrogens (tertiary/aromatic N) is 2. The molecule has 1 N–H and O–H groups in total. The van der Waals surface area contributed by atoms with Crippen LogP contribution in [0.1, 0.15) is 18.4 Å². The maximum Gasteiger partial charge on any atom is 0.237 e. The molecule has 1 aromatic rings. The number of amides is 2. The van der Waals surface area contributed by atoms with Crippen molar-refractivity contribution < 1.29 is 14.3 Å². The second-order valence-corrected chi connectivity index (χ2v) is 6.16.